The number of hydrogen-bond acceptors (Lipinski definition) is 0. The van der Waals surface area contributed by atoms with Crippen molar-refractivity contribution >= 4 is 74.8 Å². The van der Waals surface area contributed by atoms with Crippen LogP contribution in [-0.4, -0.2) is 6.88 Å². The van der Waals surface area contributed by atoms with Crippen molar-refractivity contribution in [2.75, 3.05) is 0 Å². The van der Waals surface area contributed by atoms with Crippen molar-refractivity contribution in [2.45, 2.75) is 40.5 Å². The fourth-order valence-corrected chi connectivity index (χ4v) is 6.96. The van der Waals surface area contributed by atoms with Crippen LogP contribution in [0.1, 0.15) is 42.0 Å². The number of benzene rings is 6. The molecular weight excluding hydrogens is 743 g/mol. The zero-order chi connectivity index (χ0) is 32.4. The van der Waals surface area contributed by atoms with Crippen LogP contribution in [0, 0.1) is 35.6 Å². The number of hydrogen-bond donors (Lipinski definition) is 0. The van der Waals surface area contributed by atoms with Crippen molar-refractivity contribution in [3.8, 4) is 22.3 Å². The average Bonchev–Trinajstić information content (AvgIpc) is 3.70. The molecule has 50 heavy (non-hydrogen) atoms. The van der Waals surface area contributed by atoms with Crippen LogP contribution in [0.2, 0.25) is 0 Å². The van der Waals surface area contributed by atoms with E-state index in [1.165, 1.54) is 111 Å². The van der Waals surface area contributed by atoms with Gasteiger partial charge in [-0.25, -0.2) is 0 Å². The summed E-state index contributed by atoms with van der Waals surface area (Å²) in [4.78, 5) is 0. The van der Waals surface area contributed by atoms with Crippen LogP contribution in [-0.2, 0) is 23.3 Å². The third kappa shape index (κ3) is 8.43. The average molecular weight is 789 g/mol. The number of halogens is 2. The van der Waals surface area contributed by atoms with Crippen LogP contribution in [0.4, 0.5) is 0 Å². The Kier molecular flexibility index (Phi) is 16.2. The van der Waals surface area contributed by atoms with Gasteiger partial charge >= 0.3 is 30.2 Å². The minimum absolute atomic E-state index is 0. The van der Waals surface area contributed by atoms with Gasteiger partial charge in [0.1, 0.15) is 0 Å². The van der Waals surface area contributed by atoms with Crippen molar-refractivity contribution in [1.29, 1.82) is 0 Å². The van der Waals surface area contributed by atoms with E-state index in [0.29, 0.717) is 5.92 Å². The zero-order valence-corrected chi connectivity index (χ0v) is 35.2. The van der Waals surface area contributed by atoms with Crippen molar-refractivity contribution in [3.63, 3.8) is 0 Å². The van der Waals surface area contributed by atoms with Crippen LogP contribution in [0.5, 0.6) is 0 Å². The third-order valence-corrected chi connectivity index (χ3v) is 9.13. The number of rotatable bonds is 3. The summed E-state index contributed by atoms with van der Waals surface area (Å²) in [7, 11) is 0. The van der Waals surface area contributed by atoms with E-state index in [4.69, 9.17) is 0 Å². The van der Waals surface area contributed by atoms with E-state index in [1.807, 2.05) is 0 Å². The second-order valence-electron chi connectivity index (χ2n) is 12.6. The van der Waals surface area contributed by atoms with Crippen molar-refractivity contribution < 1.29 is 23.3 Å². The van der Waals surface area contributed by atoms with Gasteiger partial charge in [0.2, 0.25) is 0 Å². The molecule has 4 heteroatoms. The molecule has 0 fully saturated rings. The molecule has 0 aliphatic heterocycles. The van der Waals surface area contributed by atoms with E-state index in [-0.39, 0.29) is 39.7 Å². The normalized spacial score (nSPS) is 10.2. The predicted octanol–water partition coefficient (Wildman–Crippen LogP) is 14.2. The topological polar surface area (TPSA) is 0 Å². The van der Waals surface area contributed by atoms with Crippen LogP contribution >= 0.6 is 24.8 Å². The number of aryl methyl sites for hydroxylation is 3. The first-order chi connectivity index (χ1) is 22.4. The van der Waals surface area contributed by atoms with E-state index < -0.39 is 0 Å². The van der Waals surface area contributed by atoms with Crippen LogP contribution in [0.15, 0.2) is 133 Å². The predicted molar refractivity (Wildman–Crippen MR) is 226 cm³/mol. The Morgan fingerprint density at radius 2 is 1.02 bits per heavy atom. The quantitative estimate of drug-likeness (QED) is 0.124. The summed E-state index contributed by atoms with van der Waals surface area (Å²) in [6.07, 6.45) is 0. The first kappa shape index (κ1) is 42.9. The van der Waals surface area contributed by atoms with Crippen LogP contribution in [0.25, 0.3) is 65.3 Å². The molecule has 256 valence electrons. The number of fused-ring (bicyclic) bond motifs is 4. The second-order valence-corrected chi connectivity index (χ2v) is 12.6. The molecule has 0 saturated carbocycles. The van der Waals surface area contributed by atoms with Gasteiger partial charge < -0.3 is 14.9 Å². The van der Waals surface area contributed by atoms with Crippen molar-refractivity contribution in [2.24, 2.45) is 0 Å². The molecule has 8 aromatic carbocycles. The molecule has 0 nitrogen and oxygen atoms in total. The van der Waals surface area contributed by atoms with Gasteiger partial charge in [-0.3, -0.25) is 0 Å². The molecule has 0 N–H and O–H groups in total. The van der Waals surface area contributed by atoms with Crippen LogP contribution in [0.3, 0.4) is 0 Å². The Balaban J connectivity index is 0.000000307. The summed E-state index contributed by atoms with van der Waals surface area (Å²) in [5.74, 6) is 0.563. The molecular formula is C46H46Cl2SiZr-4. The van der Waals surface area contributed by atoms with Crippen LogP contribution < -0.4 is 0 Å². The molecule has 8 rings (SSSR count). The van der Waals surface area contributed by atoms with Gasteiger partial charge in [-0.05, 0) is 45.5 Å². The standard InChI is InChI=1S/2C22H19.2CH3.2ClH.Si.Zr/c1-14-11-20-15(2)13-16(3)22(21(20)12-14)19-10-6-8-17-7-4-5-9-18(17)19;1-15(2)18-13-17-9-6-12-21(22(17)14-18)20-11-5-8-16-7-3-4-10-19(16)20;;;;;;/h4-13H,1-3H3;3-15H,1-2H3;2*1H3;2*1H;;/q4*-1;;;;. The maximum atomic E-state index is 3.06. The zero-order valence-electron chi connectivity index (χ0n) is 30.1. The van der Waals surface area contributed by atoms with Gasteiger partial charge in [-0.1, -0.05) is 141 Å². The third-order valence-electron chi connectivity index (χ3n) is 9.13. The Labute approximate surface area is 329 Å². The molecule has 8 aromatic rings. The SMILES string of the molecule is CC(C)c1cc2c(-c3cccc4ccccc34)cccc2[cH-]1.Cc1cc2c(-c3cccc4ccccc34)c(C)cc(C)c2[cH-]1.Cl.Cl.[CH3-].[CH3-].[Si]=[Zr]. The molecule has 0 atom stereocenters. The summed E-state index contributed by atoms with van der Waals surface area (Å²) in [6.45, 7) is 14.2. The van der Waals surface area contributed by atoms with Gasteiger partial charge in [0, 0.05) is 0 Å². The summed E-state index contributed by atoms with van der Waals surface area (Å²) in [6, 6.07) is 48.7. The van der Waals surface area contributed by atoms with E-state index in [9.17, 15) is 0 Å². The van der Waals surface area contributed by atoms with E-state index in [0.717, 1.165) is 0 Å². The van der Waals surface area contributed by atoms with Crippen molar-refractivity contribution in [3.05, 3.63) is 171 Å². The van der Waals surface area contributed by atoms with E-state index in [2.05, 4.69) is 175 Å². The maximum absolute atomic E-state index is 3.06. The Hall–Kier alpha value is -3.26. The van der Waals surface area contributed by atoms with Gasteiger partial charge in [0.15, 0.2) is 0 Å². The molecule has 0 bridgehead atoms. The summed E-state index contributed by atoms with van der Waals surface area (Å²) in [5, 5.41) is 10.7. The Morgan fingerprint density at radius 1 is 0.520 bits per heavy atom. The molecule has 0 aliphatic carbocycles. The summed E-state index contributed by atoms with van der Waals surface area (Å²) >= 11 is 1.36. The molecule has 0 unspecified atom stereocenters. The first-order valence-corrected chi connectivity index (χ1v) is 20.2. The van der Waals surface area contributed by atoms with E-state index >= 15 is 0 Å². The molecule has 0 amide bonds. The second kappa shape index (κ2) is 18.8. The Bertz CT molecular complexity index is 2320. The molecule has 0 saturated heterocycles. The molecule has 0 aliphatic rings. The molecule has 2 radical (unpaired) electrons. The van der Waals surface area contributed by atoms with E-state index in [1.54, 1.807) is 0 Å². The fraction of sp³-hybridized carbons (Fsp3) is 0.130. The molecule has 0 aromatic heterocycles. The van der Waals surface area contributed by atoms with Gasteiger partial charge in [0.05, 0.1) is 0 Å². The van der Waals surface area contributed by atoms with Gasteiger partial charge in [-0.2, -0.15) is 12.1 Å². The first-order valence-electron chi connectivity index (χ1n) is 16.0. The summed E-state index contributed by atoms with van der Waals surface area (Å²) < 4.78 is 0. The minimum atomic E-state index is 0. The Morgan fingerprint density at radius 3 is 1.62 bits per heavy atom. The molecule has 0 heterocycles. The summed E-state index contributed by atoms with van der Waals surface area (Å²) in [5.41, 5.74) is 10.9. The van der Waals surface area contributed by atoms with Gasteiger partial charge in [0.25, 0.3) is 0 Å². The van der Waals surface area contributed by atoms with Crippen molar-refractivity contribution in [1.82, 2.24) is 0 Å². The monoisotopic (exact) mass is 786 g/mol. The molecule has 0 spiro atoms. The van der Waals surface area contributed by atoms with Gasteiger partial charge in [-0.15, -0.1) is 87.3 Å². The fourth-order valence-electron chi connectivity index (χ4n) is 6.96.